The molecular formula is C9H11NOS. The van der Waals surface area contributed by atoms with E-state index in [-0.39, 0.29) is 5.78 Å². The zero-order valence-electron chi connectivity index (χ0n) is 7.20. The number of aromatic nitrogens is 1. The predicted octanol–water partition coefficient (Wildman–Crippen LogP) is 2.40. The summed E-state index contributed by atoms with van der Waals surface area (Å²) in [6.07, 6.45) is 4.17. The molecule has 0 unspecified atom stereocenters. The lowest BCUT2D eigenvalue weighted by Gasteiger charge is -2.01. The third-order valence-corrected chi connectivity index (χ3v) is 2.30. The minimum Gasteiger partial charge on any atom is -0.294 e. The fraction of sp³-hybridized carbons (Fsp3) is 0.333. The first kappa shape index (κ1) is 9.26. The summed E-state index contributed by atoms with van der Waals surface area (Å²) in [6.45, 7) is 1.86. The largest absolute Gasteiger partial charge is 0.294 e. The van der Waals surface area contributed by atoms with E-state index in [4.69, 9.17) is 0 Å². The van der Waals surface area contributed by atoms with Gasteiger partial charge in [-0.25, -0.2) is 4.98 Å². The molecule has 0 amide bonds. The highest BCUT2D eigenvalue weighted by atomic mass is 32.2. The topological polar surface area (TPSA) is 30.0 Å². The zero-order chi connectivity index (χ0) is 8.97. The van der Waals surface area contributed by atoms with Gasteiger partial charge in [0.05, 0.1) is 0 Å². The van der Waals surface area contributed by atoms with Crippen LogP contribution in [0.15, 0.2) is 23.4 Å². The number of rotatable bonds is 3. The average molecular weight is 181 g/mol. The number of hydrogen-bond donors (Lipinski definition) is 0. The van der Waals surface area contributed by atoms with Crippen molar-refractivity contribution in [3.8, 4) is 0 Å². The third-order valence-electron chi connectivity index (χ3n) is 1.59. The maximum Gasteiger partial charge on any atom is 0.165 e. The van der Waals surface area contributed by atoms with E-state index >= 15 is 0 Å². The highest BCUT2D eigenvalue weighted by Crippen LogP contribution is 2.17. The van der Waals surface area contributed by atoms with E-state index in [1.54, 1.807) is 12.3 Å². The molecule has 0 spiro atoms. The summed E-state index contributed by atoms with van der Waals surface area (Å²) in [7, 11) is 0. The standard InChI is InChI=1S/C9H11NOS/c1-3-8(11)7-5-4-6-10-9(7)12-2/h4-6H,3H2,1-2H3. The summed E-state index contributed by atoms with van der Waals surface area (Å²) in [4.78, 5) is 15.4. The van der Waals surface area contributed by atoms with Gasteiger partial charge in [-0.2, -0.15) is 0 Å². The van der Waals surface area contributed by atoms with Gasteiger partial charge in [0.2, 0.25) is 0 Å². The summed E-state index contributed by atoms with van der Waals surface area (Å²) in [5, 5.41) is 0.823. The lowest BCUT2D eigenvalue weighted by atomic mass is 10.1. The Bertz CT molecular complexity index is 286. The quantitative estimate of drug-likeness (QED) is 0.529. The molecule has 0 radical (unpaired) electrons. The Hall–Kier alpha value is -0.830. The van der Waals surface area contributed by atoms with Gasteiger partial charge in [-0.05, 0) is 18.4 Å². The molecule has 1 heterocycles. The van der Waals surface area contributed by atoms with Crippen molar-refractivity contribution in [2.45, 2.75) is 18.4 Å². The van der Waals surface area contributed by atoms with Gasteiger partial charge in [0.1, 0.15) is 5.03 Å². The normalized spacial score (nSPS) is 9.83. The molecule has 12 heavy (non-hydrogen) atoms. The first-order valence-electron chi connectivity index (χ1n) is 3.81. The fourth-order valence-corrected chi connectivity index (χ4v) is 1.52. The monoisotopic (exact) mass is 181 g/mol. The molecule has 0 saturated carbocycles. The van der Waals surface area contributed by atoms with E-state index in [0.29, 0.717) is 6.42 Å². The number of ketones is 1. The van der Waals surface area contributed by atoms with Crippen molar-refractivity contribution in [3.63, 3.8) is 0 Å². The van der Waals surface area contributed by atoms with Crippen LogP contribution >= 0.6 is 11.8 Å². The minimum atomic E-state index is 0.160. The molecule has 64 valence electrons. The van der Waals surface area contributed by atoms with E-state index in [1.807, 2.05) is 19.2 Å². The van der Waals surface area contributed by atoms with Crippen LogP contribution in [0.4, 0.5) is 0 Å². The molecule has 0 aliphatic carbocycles. The van der Waals surface area contributed by atoms with E-state index in [9.17, 15) is 4.79 Å². The predicted molar refractivity (Wildman–Crippen MR) is 50.6 cm³/mol. The molecule has 0 atom stereocenters. The maximum absolute atomic E-state index is 11.3. The van der Waals surface area contributed by atoms with Gasteiger partial charge in [-0.3, -0.25) is 4.79 Å². The summed E-state index contributed by atoms with van der Waals surface area (Å²) < 4.78 is 0. The van der Waals surface area contributed by atoms with E-state index < -0.39 is 0 Å². The van der Waals surface area contributed by atoms with Crippen molar-refractivity contribution >= 4 is 17.5 Å². The lowest BCUT2D eigenvalue weighted by molar-refractivity contribution is 0.0984. The minimum absolute atomic E-state index is 0.160. The molecular weight excluding hydrogens is 170 g/mol. The molecule has 0 aliphatic rings. The Kier molecular flexibility index (Phi) is 3.29. The Morgan fingerprint density at radius 2 is 2.42 bits per heavy atom. The second-order valence-electron chi connectivity index (χ2n) is 2.34. The van der Waals surface area contributed by atoms with Crippen molar-refractivity contribution < 1.29 is 4.79 Å². The van der Waals surface area contributed by atoms with Crippen LogP contribution in [-0.2, 0) is 0 Å². The number of thioether (sulfide) groups is 1. The third kappa shape index (κ3) is 1.85. The number of pyridine rings is 1. The highest BCUT2D eigenvalue weighted by Gasteiger charge is 2.08. The molecule has 1 aromatic rings. The second-order valence-corrected chi connectivity index (χ2v) is 3.13. The summed E-state index contributed by atoms with van der Waals surface area (Å²) in [6, 6.07) is 3.62. The van der Waals surface area contributed by atoms with Gasteiger partial charge in [-0.1, -0.05) is 6.92 Å². The fourth-order valence-electron chi connectivity index (χ4n) is 0.956. The van der Waals surface area contributed by atoms with Crippen LogP contribution in [0.3, 0.4) is 0 Å². The first-order chi connectivity index (χ1) is 5.79. The molecule has 3 heteroatoms. The van der Waals surface area contributed by atoms with Gasteiger partial charge in [-0.15, -0.1) is 11.8 Å². The average Bonchev–Trinajstić information content (AvgIpc) is 2.16. The number of hydrogen-bond acceptors (Lipinski definition) is 3. The van der Waals surface area contributed by atoms with Crippen molar-refractivity contribution in [1.82, 2.24) is 4.98 Å². The molecule has 0 fully saturated rings. The molecule has 1 aromatic heterocycles. The van der Waals surface area contributed by atoms with Crippen LogP contribution in [0.2, 0.25) is 0 Å². The highest BCUT2D eigenvalue weighted by molar-refractivity contribution is 7.98. The molecule has 1 rings (SSSR count). The summed E-state index contributed by atoms with van der Waals surface area (Å²) in [5.74, 6) is 0.160. The van der Waals surface area contributed by atoms with Crippen LogP contribution in [0, 0.1) is 0 Å². The van der Waals surface area contributed by atoms with E-state index in [1.165, 1.54) is 11.8 Å². The molecule has 0 aromatic carbocycles. The van der Waals surface area contributed by atoms with Gasteiger partial charge in [0.15, 0.2) is 5.78 Å². The number of Topliss-reactive ketones (excluding diaryl/α,β-unsaturated/α-hetero) is 1. The molecule has 0 aliphatic heterocycles. The maximum atomic E-state index is 11.3. The smallest absolute Gasteiger partial charge is 0.165 e. The van der Waals surface area contributed by atoms with Crippen molar-refractivity contribution in [3.05, 3.63) is 23.9 Å². The molecule has 0 bridgehead atoms. The Labute approximate surface area is 76.4 Å². The Morgan fingerprint density at radius 3 is 3.00 bits per heavy atom. The number of carbonyl (C=O) groups is 1. The van der Waals surface area contributed by atoms with Crippen LogP contribution in [0.25, 0.3) is 0 Å². The lowest BCUT2D eigenvalue weighted by Crippen LogP contribution is -1.99. The summed E-state index contributed by atoms with van der Waals surface area (Å²) in [5.41, 5.74) is 0.743. The second kappa shape index (κ2) is 4.26. The molecule has 0 saturated heterocycles. The van der Waals surface area contributed by atoms with Crippen LogP contribution in [-0.4, -0.2) is 17.0 Å². The Morgan fingerprint density at radius 1 is 1.67 bits per heavy atom. The van der Waals surface area contributed by atoms with Crippen LogP contribution in [0.1, 0.15) is 23.7 Å². The number of nitrogens with zero attached hydrogens (tertiary/aromatic N) is 1. The van der Waals surface area contributed by atoms with Gasteiger partial charge in [0, 0.05) is 18.2 Å². The van der Waals surface area contributed by atoms with Gasteiger partial charge >= 0.3 is 0 Å². The van der Waals surface area contributed by atoms with Gasteiger partial charge in [0.25, 0.3) is 0 Å². The van der Waals surface area contributed by atoms with Crippen LogP contribution < -0.4 is 0 Å². The molecule has 2 nitrogen and oxygen atoms in total. The SMILES string of the molecule is CCC(=O)c1cccnc1SC. The Balaban J connectivity index is 3.04. The van der Waals surface area contributed by atoms with Crippen molar-refractivity contribution in [1.29, 1.82) is 0 Å². The van der Waals surface area contributed by atoms with Crippen molar-refractivity contribution in [2.24, 2.45) is 0 Å². The van der Waals surface area contributed by atoms with Crippen molar-refractivity contribution in [2.75, 3.05) is 6.26 Å². The van der Waals surface area contributed by atoms with E-state index in [2.05, 4.69) is 4.98 Å². The molecule has 0 N–H and O–H groups in total. The van der Waals surface area contributed by atoms with E-state index in [0.717, 1.165) is 10.6 Å². The zero-order valence-corrected chi connectivity index (χ0v) is 8.02. The number of carbonyl (C=O) groups excluding carboxylic acids is 1. The van der Waals surface area contributed by atoms with Gasteiger partial charge < -0.3 is 0 Å². The van der Waals surface area contributed by atoms with Crippen LogP contribution in [0.5, 0.6) is 0 Å². The first-order valence-corrected chi connectivity index (χ1v) is 5.04. The summed E-state index contributed by atoms with van der Waals surface area (Å²) >= 11 is 1.51.